The molecule has 34 heavy (non-hydrogen) atoms. The fraction of sp³-hybridized carbons (Fsp3) is 0.864. The highest BCUT2D eigenvalue weighted by Crippen LogP contribution is 1.96. The van der Waals surface area contributed by atoms with Crippen molar-refractivity contribution >= 4 is 6.29 Å². The van der Waals surface area contributed by atoms with Crippen molar-refractivity contribution in [3.05, 3.63) is 11.9 Å². The summed E-state index contributed by atoms with van der Waals surface area (Å²) >= 11 is 0. The van der Waals surface area contributed by atoms with Crippen LogP contribution >= 0.6 is 0 Å². The van der Waals surface area contributed by atoms with Crippen LogP contribution in [0.4, 0.5) is 0 Å². The summed E-state index contributed by atoms with van der Waals surface area (Å²) in [6.07, 6.45) is 3.09. The Hall–Kier alpha value is -1.51. The molecule has 0 unspecified atom stereocenters. The first kappa shape index (κ1) is 30.5. The van der Waals surface area contributed by atoms with Crippen molar-refractivity contribution in [2.24, 2.45) is 0 Å². The number of aldehydes is 1. The summed E-state index contributed by atoms with van der Waals surface area (Å²) in [7, 11) is 0. The molecule has 0 aliphatic rings. The van der Waals surface area contributed by atoms with Gasteiger partial charge in [0.25, 0.3) is 0 Å². The zero-order valence-electron chi connectivity index (χ0n) is 20.4. The molecule has 0 saturated heterocycles. The Kier molecular flexibility index (Phi) is 22.1. The average molecular weight is 492 g/mol. The highest BCUT2D eigenvalue weighted by molar-refractivity contribution is 5.49. The van der Waals surface area contributed by atoms with Gasteiger partial charge in [0, 0.05) is 13.0 Å². The third kappa shape index (κ3) is 19.9. The van der Waals surface area contributed by atoms with Crippen molar-refractivity contribution in [2.75, 3.05) is 99.1 Å². The molecular formula is C22H41N3O9. The predicted molar refractivity (Wildman–Crippen MR) is 122 cm³/mol. The predicted octanol–water partition coefficient (Wildman–Crippen LogP) is 0.520. The molecule has 0 spiro atoms. The van der Waals surface area contributed by atoms with Gasteiger partial charge < -0.3 is 42.7 Å². The fourth-order valence-corrected chi connectivity index (χ4v) is 2.44. The van der Waals surface area contributed by atoms with Crippen LogP contribution in [-0.4, -0.2) is 120 Å². The van der Waals surface area contributed by atoms with Gasteiger partial charge in [0.05, 0.1) is 112 Å². The van der Waals surface area contributed by atoms with Crippen LogP contribution in [0.1, 0.15) is 19.0 Å². The summed E-state index contributed by atoms with van der Waals surface area (Å²) in [5.41, 5.74) is 0.755. The van der Waals surface area contributed by atoms with Gasteiger partial charge in [0.15, 0.2) is 0 Å². The molecule has 1 rings (SSSR count). The largest absolute Gasteiger partial charge is 0.379 e. The molecule has 198 valence electrons. The van der Waals surface area contributed by atoms with Gasteiger partial charge in [-0.2, -0.15) is 0 Å². The van der Waals surface area contributed by atoms with Gasteiger partial charge in [-0.1, -0.05) is 5.21 Å². The molecule has 12 heteroatoms. The average Bonchev–Trinajstić information content (AvgIpc) is 3.30. The number of hydrogen-bond donors (Lipinski definition) is 0. The van der Waals surface area contributed by atoms with Crippen LogP contribution in [-0.2, 0) is 55.8 Å². The maximum absolute atomic E-state index is 10.1. The van der Waals surface area contributed by atoms with Gasteiger partial charge in [-0.3, -0.25) is 0 Å². The van der Waals surface area contributed by atoms with Crippen LogP contribution < -0.4 is 0 Å². The normalized spacial score (nSPS) is 11.3. The van der Waals surface area contributed by atoms with Crippen LogP contribution in [0.3, 0.4) is 0 Å². The molecule has 0 aliphatic carbocycles. The lowest BCUT2D eigenvalue weighted by molar-refractivity contribution is -0.108. The van der Waals surface area contributed by atoms with Gasteiger partial charge in [-0.25, -0.2) is 4.68 Å². The van der Waals surface area contributed by atoms with Gasteiger partial charge >= 0.3 is 0 Å². The minimum atomic E-state index is 0.374. The molecule has 0 amide bonds. The van der Waals surface area contributed by atoms with E-state index in [0.717, 1.165) is 12.0 Å². The van der Waals surface area contributed by atoms with Crippen LogP contribution in [0.2, 0.25) is 0 Å². The summed E-state index contributed by atoms with van der Waals surface area (Å²) in [4.78, 5) is 10.1. The smallest absolute Gasteiger partial charge is 0.122 e. The topological polar surface area (TPSA) is 122 Å². The van der Waals surface area contributed by atoms with Crippen LogP contribution in [0, 0.1) is 0 Å². The summed E-state index contributed by atoms with van der Waals surface area (Å²) in [5.74, 6) is 0. The standard InChI is InChI=1S/C22H41N3O9/c1-2-27-8-9-30-14-15-32-13-11-29-7-4-25-20-22(23-24-25)21-34-19-18-33-17-16-31-12-10-28-6-3-5-26/h5,20H,2-4,6-19,21H2,1H3. The second-order valence-electron chi connectivity index (χ2n) is 6.85. The van der Waals surface area contributed by atoms with Crippen molar-refractivity contribution in [3.63, 3.8) is 0 Å². The van der Waals surface area contributed by atoms with Crippen LogP contribution in [0.5, 0.6) is 0 Å². The van der Waals surface area contributed by atoms with Gasteiger partial charge in [0.1, 0.15) is 12.0 Å². The van der Waals surface area contributed by atoms with E-state index in [2.05, 4.69) is 10.3 Å². The molecule has 1 aromatic rings. The minimum Gasteiger partial charge on any atom is -0.379 e. The number of carbonyl (C=O) groups excluding carboxylic acids is 1. The number of carbonyl (C=O) groups is 1. The Labute approximate surface area is 202 Å². The first-order chi connectivity index (χ1) is 16.9. The van der Waals surface area contributed by atoms with E-state index >= 15 is 0 Å². The Morgan fingerprint density at radius 1 is 0.676 bits per heavy atom. The summed E-state index contributed by atoms with van der Waals surface area (Å²) in [6, 6.07) is 0. The summed E-state index contributed by atoms with van der Waals surface area (Å²) < 4.78 is 44.7. The van der Waals surface area contributed by atoms with E-state index in [1.165, 1.54) is 0 Å². The van der Waals surface area contributed by atoms with E-state index in [0.29, 0.717) is 119 Å². The lowest BCUT2D eigenvalue weighted by Crippen LogP contribution is -2.13. The van der Waals surface area contributed by atoms with E-state index in [1.807, 2.05) is 13.1 Å². The number of hydrogen-bond acceptors (Lipinski definition) is 11. The highest BCUT2D eigenvalue weighted by Gasteiger charge is 2.01. The molecule has 0 atom stereocenters. The molecule has 0 aliphatic heterocycles. The number of rotatable bonds is 27. The lowest BCUT2D eigenvalue weighted by Gasteiger charge is -2.07. The zero-order chi connectivity index (χ0) is 24.4. The monoisotopic (exact) mass is 491 g/mol. The minimum absolute atomic E-state index is 0.374. The van der Waals surface area contributed by atoms with Crippen molar-refractivity contribution in [1.29, 1.82) is 0 Å². The zero-order valence-corrected chi connectivity index (χ0v) is 20.4. The van der Waals surface area contributed by atoms with E-state index in [-0.39, 0.29) is 0 Å². The number of aromatic nitrogens is 3. The Morgan fingerprint density at radius 2 is 1.15 bits per heavy atom. The third-order valence-corrected chi connectivity index (χ3v) is 4.12. The van der Waals surface area contributed by atoms with E-state index < -0.39 is 0 Å². The molecule has 0 aromatic carbocycles. The number of ether oxygens (including phenoxy) is 8. The van der Waals surface area contributed by atoms with Crippen LogP contribution in [0.15, 0.2) is 6.20 Å². The van der Waals surface area contributed by atoms with Crippen LogP contribution in [0.25, 0.3) is 0 Å². The molecule has 1 aromatic heterocycles. The summed E-state index contributed by atoms with van der Waals surface area (Å²) in [5, 5.41) is 8.14. The molecule has 12 nitrogen and oxygen atoms in total. The first-order valence-corrected chi connectivity index (χ1v) is 11.8. The van der Waals surface area contributed by atoms with Crippen molar-refractivity contribution in [3.8, 4) is 0 Å². The molecule has 0 bridgehead atoms. The number of nitrogens with zero attached hydrogens (tertiary/aromatic N) is 3. The second kappa shape index (κ2) is 24.6. The maximum Gasteiger partial charge on any atom is 0.122 e. The quantitative estimate of drug-likeness (QED) is 0.126. The van der Waals surface area contributed by atoms with E-state index in [1.54, 1.807) is 4.68 Å². The first-order valence-electron chi connectivity index (χ1n) is 11.8. The SMILES string of the molecule is CCOCCOCCOCCOCCn1cc(COCCOCCOCCOCCC=O)nn1. The third-order valence-electron chi connectivity index (χ3n) is 4.12. The molecule has 0 saturated carbocycles. The second-order valence-corrected chi connectivity index (χ2v) is 6.85. The Bertz CT molecular complexity index is 563. The molecule has 0 radical (unpaired) electrons. The lowest BCUT2D eigenvalue weighted by atomic mass is 10.5. The van der Waals surface area contributed by atoms with Gasteiger partial charge in [-0.15, -0.1) is 5.10 Å². The van der Waals surface area contributed by atoms with Crippen molar-refractivity contribution in [2.45, 2.75) is 26.5 Å². The van der Waals surface area contributed by atoms with Crippen molar-refractivity contribution in [1.82, 2.24) is 15.0 Å². The fourth-order valence-electron chi connectivity index (χ4n) is 2.44. The van der Waals surface area contributed by atoms with Crippen molar-refractivity contribution < 1.29 is 42.7 Å². The molecule has 0 N–H and O–H groups in total. The van der Waals surface area contributed by atoms with Gasteiger partial charge in [-0.05, 0) is 6.92 Å². The molecular weight excluding hydrogens is 450 g/mol. The van der Waals surface area contributed by atoms with E-state index in [4.69, 9.17) is 37.9 Å². The van der Waals surface area contributed by atoms with Gasteiger partial charge in [0.2, 0.25) is 0 Å². The summed E-state index contributed by atoms with van der Waals surface area (Å²) in [6.45, 7) is 10.8. The highest BCUT2D eigenvalue weighted by atomic mass is 16.6. The maximum atomic E-state index is 10.1. The molecule has 1 heterocycles. The van der Waals surface area contributed by atoms with E-state index in [9.17, 15) is 4.79 Å². The Balaban J connectivity index is 1.83. The molecule has 0 fully saturated rings. The Morgan fingerprint density at radius 3 is 1.68 bits per heavy atom.